The summed E-state index contributed by atoms with van der Waals surface area (Å²) in [5, 5.41) is 3.46. The van der Waals surface area contributed by atoms with Crippen LogP contribution in [0.3, 0.4) is 0 Å². The number of benzene rings is 2. The van der Waals surface area contributed by atoms with E-state index >= 15 is 0 Å². The second kappa shape index (κ2) is 14.9. The average molecular weight is 512 g/mol. The van der Waals surface area contributed by atoms with Crippen molar-refractivity contribution in [2.24, 2.45) is 0 Å². The Bertz CT molecular complexity index is 719. The standard InChI is InChI=1S/C21H28BrFN2O2.2ClH/c1-4-26-20-13-17(14-24-10-5-11-25(2)3)12-19(22)21(20)27-15-16-6-8-18(23)9-7-16;;/h6-9,12-13,24H,4-5,10-11,14-15H2,1-3H3;2*1H. The fourth-order valence-corrected chi connectivity index (χ4v) is 3.22. The summed E-state index contributed by atoms with van der Waals surface area (Å²) in [6, 6.07) is 10.4. The van der Waals surface area contributed by atoms with Gasteiger partial charge in [0.2, 0.25) is 0 Å². The molecule has 0 aliphatic heterocycles. The lowest BCUT2D eigenvalue weighted by molar-refractivity contribution is 0.267. The summed E-state index contributed by atoms with van der Waals surface area (Å²) in [7, 11) is 4.16. The molecule has 0 atom stereocenters. The van der Waals surface area contributed by atoms with Crippen LogP contribution in [0.15, 0.2) is 40.9 Å². The monoisotopic (exact) mass is 510 g/mol. The van der Waals surface area contributed by atoms with Crippen molar-refractivity contribution in [1.29, 1.82) is 0 Å². The number of hydrogen-bond donors (Lipinski definition) is 1. The lowest BCUT2D eigenvalue weighted by atomic mass is 10.2. The highest BCUT2D eigenvalue weighted by Gasteiger charge is 2.13. The first-order chi connectivity index (χ1) is 13.0. The molecule has 0 unspecified atom stereocenters. The largest absolute Gasteiger partial charge is 0.490 e. The van der Waals surface area contributed by atoms with Crippen LogP contribution in [0.2, 0.25) is 0 Å². The van der Waals surface area contributed by atoms with Crippen LogP contribution in [0.4, 0.5) is 4.39 Å². The van der Waals surface area contributed by atoms with Crippen LogP contribution in [0.25, 0.3) is 0 Å². The fraction of sp³-hybridized carbons (Fsp3) is 0.429. The summed E-state index contributed by atoms with van der Waals surface area (Å²) in [5.41, 5.74) is 2.03. The highest BCUT2D eigenvalue weighted by molar-refractivity contribution is 9.10. The third kappa shape index (κ3) is 10.0. The molecule has 1 N–H and O–H groups in total. The minimum absolute atomic E-state index is 0. The van der Waals surface area contributed by atoms with Crippen LogP contribution in [-0.2, 0) is 13.2 Å². The molecular formula is C21H30BrCl2FN2O2. The first-order valence-electron chi connectivity index (χ1n) is 9.17. The van der Waals surface area contributed by atoms with E-state index in [4.69, 9.17) is 9.47 Å². The summed E-state index contributed by atoms with van der Waals surface area (Å²) in [5.74, 6) is 1.12. The second-order valence-electron chi connectivity index (χ2n) is 6.59. The maximum atomic E-state index is 13.0. The molecule has 8 heteroatoms. The van der Waals surface area contributed by atoms with Crippen molar-refractivity contribution in [3.05, 3.63) is 57.8 Å². The van der Waals surface area contributed by atoms with Gasteiger partial charge in [-0.25, -0.2) is 4.39 Å². The van der Waals surface area contributed by atoms with E-state index in [2.05, 4.69) is 40.2 Å². The lowest BCUT2D eigenvalue weighted by Gasteiger charge is -2.16. The van der Waals surface area contributed by atoms with Crippen LogP contribution in [-0.4, -0.2) is 38.7 Å². The molecule has 0 saturated carbocycles. The van der Waals surface area contributed by atoms with Gasteiger partial charge in [-0.2, -0.15) is 0 Å². The average Bonchev–Trinajstić information content (AvgIpc) is 2.62. The van der Waals surface area contributed by atoms with Gasteiger partial charge < -0.3 is 19.7 Å². The number of nitrogens with zero attached hydrogens (tertiary/aromatic N) is 1. The van der Waals surface area contributed by atoms with Gasteiger partial charge in [0.05, 0.1) is 11.1 Å². The zero-order valence-electron chi connectivity index (χ0n) is 17.0. The topological polar surface area (TPSA) is 33.7 Å². The zero-order valence-corrected chi connectivity index (χ0v) is 20.3. The van der Waals surface area contributed by atoms with Crippen LogP contribution in [0.1, 0.15) is 24.5 Å². The van der Waals surface area contributed by atoms with Gasteiger partial charge in [-0.1, -0.05) is 12.1 Å². The van der Waals surface area contributed by atoms with Crippen molar-refractivity contribution in [1.82, 2.24) is 10.2 Å². The van der Waals surface area contributed by atoms with Crippen molar-refractivity contribution in [2.45, 2.75) is 26.5 Å². The molecule has 4 nitrogen and oxygen atoms in total. The van der Waals surface area contributed by atoms with Gasteiger partial charge in [-0.05, 0) is 91.9 Å². The SMILES string of the molecule is CCOc1cc(CNCCCN(C)C)cc(Br)c1OCc1ccc(F)cc1.Cl.Cl. The highest BCUT2D eigenvalue weighted by atomic mass is 79.9. The molecular weight excluding hydrogens is 482 g/mol. The highest BCUT2D eigenvalue weighted by Crippen LogP contribution is 2.37. The van der Waals surface area contributed by atoms with Gasteiger partial charge in [0.1, 0.15) is 12.4 Å². The van der Waals surface area contributed by atoms with Crippen LogP contribution < -0.4 is 14.8 Å². The van der Waals surface area contributed by atoms with Gasteiger partial charge in [-0.3, -0.25) is 0 Å². The molecule has 0 saturated heterocycles. The summed E-state index contributed by atoms with van der Waals surface area (Å²) in [6.45, 7) is 5.65. The number of ether oxygens (including phenoxy) is 2. The van der Waals surface area contributed by atoms with Crippen molar-refractivity contribution in [3.8, 4) is 11.5 Å². The summed E-state index contributed by atoms with van der Waals surface area (Å²) in [6.07, 6.45) is 1.10. The number of rotatable bonds is 11. The van der Waals surface area contributed by atoms with Gasteiger partial charge in [0, 0.05) is 6.54 Å². The first kappa shape index (κ1) is 27.9. The van der Waals surface area contributed by atoms with E-state index in [1.807, 2.05) is 19.1 Å². The van der Waals surface area contributed by atoms with Crippen molar-refractivity contribution in [2.75, 3.05) is 33.8 Å². The van der Waals surface area contributed by atoms with Gasteiger partial charge in [0.15, 0.2) is 11.5 Å². The normalized spacial score (nSPS) is 10.3. The fourth-order valence-electron chi connectivity index (χ4n) is 2.62. The van der Waals surface area contributed by atoms with Gasteiger partial charge >= 0.3 is 0 Å². The Morgan fingerprint density at radius 2 is 1.72 bits per heavy atom. The Balaban J connectivity index is 0.00000392. The molecule has 0 amide bonds. The van der Waals surface area contributed by atoms with E-state index < -0.39 is 0 Å². The molecule has 0 spiro atoms. The molecule has 29 heavy (non-hydrogen) atoms. The molecule has 0 bridgehead atoms. The maximum Gasteiger partial charge on any atom is 0.175 e. The van der Waals surface area contributed by atoms with E-state index in [1.165, 1.54) is 12.1 Å². The van der Waals surface area contributed by atoms with Gasteiger partial charge in [0.25, 0.3) is 0 Å². The molecule has 0 fully saturated rings. The predicted molar refractivity (Wildman–Crippen MR) is 125 cm³/mol. The third-order valence-corrected chi connectivity index (χ3v) is 4.54. The minimum Gasteiger partial charge on any atom is -0.490 e. The summed E-state index contributed by atoms with van der Waals surface area (Å²) >= 11 is 3.60. The van der Waals surface area contributed by atoms with Crippen molar-refractivity contribution < 1.29 is 13.9 Å². The van der Waals surface area contributed by atoms with Crippen LogP contribution in [0, 0.1) is 5.82 Å². The zero-order chi connectivity index (χ0) is 19.6. The van der Waals surface area contributed by atoms with E-state index in [0.717, 1.165) is 41.7 Å². The Labute approximate surface area is 194 Å². The van der Waals surface area contributed by atoms with Gasteiger partial charge in [-0.15, -0.1) is 24.8 Å². The minimum atomic E-state index is -0.252. The molecule has 0 radical (unpaired) electrons. The molecule has 0 heterocycles. The number of hydrogen-bond acceptors (Lipinski definition) is 4. The number of nitrogens with one attached hydrogen (secondary N) is 1. The Kier molecular flexibility index (Phi) is 14.3. The van der Waals surface area contributed by atoms with Crippen LogP contribution in [0.5, 0.6) is 11.5 Å². The summed E-state index contributed by atoms with van der Waals surface area (Å²) in [4.78, 5) is 2.18. The Hall–Kier alpha value is -1.05. The molecule has 0 aromatic heterocycles. The first-order valence-corrected chi connectivity index (χ1v) is 9.96. The van der Waals surface area contributed by atoms with E-state index in [9.17, 15) is 4.39 Å². The van der Waals surface area contributed by atoms with E-state index in [1.54, 1.807) is 12.1 Å². The molecule has 2 aromatic carbocycles. The molecule has 164 valence electrons. The number of halogens is 4. The lowest BCUT2D eigenvalue weighted by Crippen LogP contribution is -2.21. The third-order valence-electron chi connectivity index (χ3n) is 3.95. The molecule has 0 aliphatic carbocycles. The second-order valence-corrected chi connectivity index (χ2v) is 7.44. The molecule has 2 aromatic rings. The molecule has 2 rings (SSSR count). The predicted octanol–water partition coefficient (Wildman–Crippen LogP) is 5.45. The van der Waals surface area contributed by atoms with Crippen LogP contribution >= 0.6 is 40.7 Å². The quantitative estimate of drug-likeness (QED) is 0.406. The van der Waals surface area contributed by atoms with E-state index in [0.29, 0.717) is 24.7 Å². The summed E-state index contributed by atoms with van der Waals surface area (Å²) < 4.78 is 25.6. The Morgan fingerprint density at radius 1 is 1.03 bits per heavy atom. The van der Waals surface area contributed by atoms with E-state index in [-0.39, 0.29) is 30.6 Å². The van der Waals surface area contributed by atoms with Crippen molar-refractivity contribution in [3.63, 3.8) is 0 Å². The Morgan fingerprint density at radius 3 is 2.34 bits per heavy atom. The van der Waals surface area contributed by atoms with Crippen molar-refractivity contribution >= 4 is 40.7 Å². The molecule has 0 aliphatic rings. The smallest absolute Gasteiger partial charge is 0.175 e. The maximum absolute atomic E-state index is 13.0.